The van der Waals surface area contributed by atoms with E-state index in [0.717, 1.165) is 18.9 Å². The van der Waals surface area contributed by atoms with Gasteiger partial charge in [-0.3, -0.25) is 4.99 Å². The number of ether oxygens (including phenoxy) is 1. The van der Waals surface area contributed by atoms with E-state index in [2.05, 4.69) is 38.5 Å². The third-order valence-electron chi connectivity index (χ3n) is 2.55. The number of rotatable bonds is 6. The molecule has 0 bridgehead atoms. The van der Waals surface area contributed by atoms with Crippen molar-refractivity contribution >= 4 is 47.4 Å². The molecule has 0 saturated heterocycles. The monoisotopic (exact) mass is 454 g/mol. The molecule has 0 saturated carbocycles. The lowest BCUT2D eigenvalue weighted by Crippen LogP contribution is -2.42. The van der Waals surface area contributed by atoms with Crippen LogP contribution in [0.15, 0.2) is 22.5 Å². The predicted molar refractivity (Wildman–Crippen MR) is 107 cm³/mol. The molecule has 1 aromatic rings. The zero-order valence-corrected chi connectivity index (χ0v) is 17.3. The van der Waals surface area contributed by atoms with E-state index < -0.39 is 11.7 Å². The number of hydrogen-bond acceptors (Lipinski definition) is 4. The minimum atomic E-state index is -0.475. The van der Waals surface area contributed by atoms with Gasteiger partial charge in [0, 0.05) is 31.6 Å². The van der Waals surface area contributed by atoms with Gasteiger partial charge in [0.15, 0.2) is 5.96 Å². The molecule has 1 heterocycles. The Kier molecular flexibility index (Phi) is 11.0. The van der Waals surface area contributed by atoms with Crippen molar-refractivity contribution in [1.82, 2.24) is 16.0 Å². The van der Waals surface area contributed by atoms with Crippen molar-refractivity contribution in [3.63, 3.8) is 0 Å². The van der Waals surface area contributed by atoms with Crippen molar-refractivity contribution in [3.05, 3.63) is 22.4 Å². The summed E-state index contributed by atoms with van der Waals surface area (Å²) in [5.74, 6) is 0.725. The molecule has 3 N–H and O–H groups in total. The summed E-state index contributed by atoms with van der Waals surface area (Å²) in [5, 5.41) is 11.1. The summed E-state index contributed by atoms with van der Waals surface area (Å²) >= 11 is 1.75. The summed E-state index contributed by atoms with van der Waals surface area (Å²) in [6.07, 6.45) is 0.559. The van der Waals surface area contributed by atoms with Crippen LogP contribution in [-0.2, 0) is 11.2 Å². The standard InChI is InChI=1S/C15H26N4O2S.HI/c1-15(2,3)21-14(20)19-10-9-18-13(16-4)17-8-7-12-6-5-11-22-12;/h5-6,11H,7-10H2,1-4H3,(H,19,20)(H2,16,17,18);1H. The molecular formula is C15H27IN4O2S. The fourth-order valence-corrected chi connectivity index (χ4v) is 2.35. The molecule has 23 heavy (non-hydrogen) atoms. The number of alkyl carbamates (subject to hydrolysis) is 1. The highest BCUT2D eigenvalue weighted by Gasteiger charge is 2.15. The van der Waals surface area contributed by atoms with Crippen LogP contribution in [0.1, 0.15) is 25.6 Å². The van der Waals surface area contributed by atoms with Gasteiger partial charge in [-0.05, 0) is 38.6 Å². The second-order valence-electron chi connectivity index (χ2n) is 5.68. The molecule has 1 amide bonds. The lowest BCUT2D eigenvalue weighted by Gasteiger charge is -2.19. The van der Waals surface area contributed by atoms with E-state index in [1.54, 1.807) is 18.4 Å². The van der Waals surface area contributed by atoms with Crippen LogP contribution >= 0.6 is 35.3 Å². The maximum atomic E-state index is 11.5. The third-order valence-corrected chi connectivity index (χ3v) is 3.49. The van der Waals surface area contributed by atoms with E-state index in [-0.39, 0.29) is 24.0 Å². The normalized spacial score (nSPS) is 11.4. The highest BCUT2D eigenvalue weighted by molar-refractivity contribution is 14.0. The summed E-state index contributed by atoms with van der Waals surface area (Å²) < 4.78 is 5.15. The van der Waals surface area contributed by atoms with Crippen molar-refractivity contribution < 1.29 is 9.53 Å². The molecule has 132 valence electrons. The molecule has 8 heteroatoms. The molecule has 0 aliphatic heterocycles. The van der Waals surface area contributed by atoms with Gasteiger partial charge in [-0.25, -0.2) is 4.79 Å². The van der Waals surface area contributed by atoms with Crippen LogP contribution in [0, 0.1) is 0 Å². The largest absolute Gasteiger partial charge is 0.444 e. The van der Waals surface area contributed by atoms with E-state index in [1.165, 1.54) is 4.88 Å². The summed E-state index contributed by atoms with van der Waals surface area (Å²) in [4.78, 5) is 16.9. The first-order valence-corrected chi connectivity index (χ1v) is 8.22. The Morgan fingerprint density at radius 1 is 1.22 bits per heavy atom. The topological polar surface area (TPSA) is 74.8 Å². The summed E-state index contributed by atoms with van der Waals surface area (Å²) in [7, 11) is 1.72. The van der Waals surface area contributed by atoms with Crippen molar-refractivity contribution in [1.29, 1.82) is 0 Å². The quantitative estimate of drug-likeness (QED) is 0.268. The van der Waals surface area contributed by atoms with Crippen molar-refractivity contribution in [2.45, 2.75) is 32.8 Å². The van der Waals surface area contributed by atoms with E-state index in [1.807, 2.05) is 20.8 Å². The van der Waals surface area contributed by atoms with Crippen LogP contribution in [0.4, 0.5) is 4.79 Å². The number of hydrogen-bond donors (Lipinski definition) is 3. The third kappa shape index (κ3) is 11.2. The van der Waals surface area contributed by atoms with Gasteiger partial charge in [0.05, 0.1) is 0 Å². The fourth-order valence-electron chi connectivity index (χ4n) is 1.64. The van der Waals surface area contributed by atoms with E-state index in [4.69, 9.17) is 4.74 Å². The molecule has 0 aliphatic rings. The molecule has 1 rings (SSSR count). The first-order chi connectivity index (χ1) is 10.4. The number of halogens is 1. The number of aliphatic imine (C=N–C) groups is 1. The average Bonchev–Trinajstić information content (AvgIpc) is 2.92. The minimum Gasteiger partial charge on any atom is -0.444 e. The number of guanidine groups is 1. The van der Waals surface area contributed by atoms with Crippen LogP contribution in [0.3, 0.4) is 0 Å². The number of nitrogens with zero attached hydrogens (tertiary/aromatic N) is 1. The minimum absolute atomic E-state index is 0. The van der Waals surface area contributed by atoms with Gasteiger partial charge < -0.3 is 20.7 Å². The fraction of sp³-hybridized carbons (Fsp3) is 0.600. The Bertz CT molecular complexity index is 472. The highest BCUT2D eigenvalue weighted by atomic mass is 127. The van der Waals surface area contributed by atoms with Crippen molar-refractivity contribution in [2.75, 3.05) is 26.7 Å². The lowest BCUT2D eigenvalue weighted by atomic mass is 10.2. The van der Waals surface area contributed by atoms with Crippen molar-refractivity contribution in [3.8, 4) is 0 Å². The van der Waals surface area contributed by atoms with Crippen LogP contribution in [0.25, 0.3) is 0 Å². The smallest absolute Gasteiger partial charge is 0.407 e. The maximum Gasteiger partial charge on any atom is 0.407 e. The van der Waals surface area contributed by atoms with Gasteiger partial charge in [0.25, 0.3) is 0 Å². The lowest BCUT2D eigenvalue weighted by molar-refractivity contribution is 0.0529. The highest BCUT2D eigenvalue weighted by Crippen LogP contribution is 2.08. The van der Waals surface area contributed by atoms with Gasteiger partial charge >= 0.3 is 6.09 Å². The van der Waals surface area contributed by atoms with Crippen molar-refractivity contribution in [2.24, 2.45) is 4.99 Å². The molecule has 0 aliphatic carbocycles. The number of amides is 1. The SMILES string of the molecule is CN=C(NCCNC(=O)OC(C)(C)C)NCCc1cccs1.I. The maximum absolute atomic E-state index is 11.5. The van der Waals surface area contributed by atoms with Crippen LogP contribution in [0.5, 0.6) is 0 Å². The predicted octanol–water partition coefficient (Wildman–Crippen LogP) is 2.60. The first kappa shape index (κ1) is 22.0. The Hall–Kier alpha value is -1.03. The van der Waals surface area contributed by atoms with E-state index in [9.17, 15) is 4.79 Å². The van der Waals surface area contributed by atoms with Crippen LogP contribution in [0.2, 0.25) is 0 Å². The number of carbonyl (C=O) groups excluding carboxylic acids is 1. The molecule has 0 spiro atoms. The molecule has 1 aromatic heterocycles. The second kappa shape index (κ2) is 11.5. The summed E-state index contributed by atoms with van der Waals surface area (Å²) in [5.41, 5.74) is -0.475. The number of nitrogens with one attached hydrogen (secondary N) is 3. The van der Waals surface area contributed by atoms with Gasteiger partial charge in [0.2, 0.25) is 0 Å². The zero-order chi connectivity index (χ0) is 16.4. The van der Waals surface area contributed by atoms with E-state index in [0.29, 0.717) is 13.1 Å². The van der Waals surface area contributed by atoms with Gasteiger partial charge in [-0.15, -0.1) is 35.3 Å². The first-order valence-electron chi connectivity index (χ1n) is 7.34. The molecule has 0 atom stereocenters. The molecule has 0 radical (unpaired) electrons. The van der Waals surface area contributed by atoms with Crippen LogP contribution < -0.4 is 16.0 Å². The second-order valence-corrected chi connectivity index (χ2v) is 6.72. The van der Waals surface area contributed by atoms with Crippen LogP contribution in [-0.4, -0.2) is 44.3 Å². The molecule has 0 aromatic carbocycles. The Balaban J connectivity index is 0.00000484. The summed E-state index contributed by atoms with van der Waals surface area (Å²) in [6.45, 7) is 7.39. The Labute approximate surface area is 159 Å². The molecule has 6 nitrogen and oxygen atoms in total. The average molecular weight is 454 g/mol. The van der Waals surface area contributed by atoms with Gasteiger partial charge in [-0.1, -0.05) is 6.07 Å². The molecule has 0 unspecified atom stereocenters. The van der Waals surface area contributed by atoms with Gasteiger partial charge in [-0.2, -0.15) is 0 Å². The Morgan fingerprint density at radius 3 is 2.43 bits per heavy atom. The Morgan fingerprint density at radius 2 is 1.87 bits per heavy atom. The summed E-state index contributed by atoms with van der Waals surface area (Å²) in [6, 6.07) is 4.17. The van der Waals surface area contributed by atoms with Gasteiger partial charge in [0.1, 0.15) is 5.60 Å². The van der Waals surface area contributed by atoms with E-state index >= 15 is 0 Å². The number of thiophene rings is 1. The number of carbonyl (C=O) groups is 1. The molecular weight excluding hydrogens is 427 g/mol. The molecule has 0 fully saturated rings. The zero-order valence-electron chi connectivity index (χ0n) is 14.1.